The summed E-state index contributed by atoms with van der Waals surface area (Å²) in [5, 5.41) is 13.3. The van der Waals surface area contributed by atoms with Gasteiger partial charge >= 0.3 is 0 Å². The second-order valence-electron chi connectivity index (χ2n) is 5.09. The number of benzene rings is 1. The lowest BCUT2D eigenvalue weighted by Crippen LogP contribution is -2.31. The van der Waals surface area contributed by atoms with E-state index >= 15 is 0 Å². The summed E-state index contributed by atoms with van der Waals surface area (Å²) >= 11 is 1.58. The lowest BCUT2D eigenvalue weighted by molar-refractivity contribution is 0.340. The Balaban J connectivity index is 1.64. The summed E-state index contributed by atoms with van der Waals surface area (Å²) in [6.45, 7) is 2.62. The van der Waals surface area contributed by atoms with Crippen molar-refractivity contribution in [3.8, 4) is 11.8 Å². The summed E-state index contributed by atoms with van der Waals surface area (Å²) in [6.07, 6.45) is 2.38. The van der Waals surface area contributed by atoms with Crippen LogP contribution in [0.5, 0.6) is 5.75 Å². The third-order valence-corrected chi connectivity index (χ3v) is 4.27. The van der Waals surface area contributed by atoms with Crippen LogP contribution < -0.4 is 10.1 Å². The van der Waals surface area contributed by atoms with Gasteiger partial charge in [0.2, 0.25) is 0 Å². The summed E-state index contributed by atoms with van der Waals surface area (Å²) in [4.78, 5) is 7.81. The Morgan fingerprint density at radius 2 is 2.43 bits per heavy atom. The molecule has 1 aliphatic rings. The molecule has 2 N–H and O–H groups in total. The SMILES string of the molecule is CCOc1ccc2nc(SCC(C#N)NC3CC3)[nH]c2c1. The maximum absolute atomic E-state index is 9.14. The molecule has 6 heteroatoms. The van der Waals surface area contributed by atoms with Crippen molar-refractivity contribution in [2.75, 3.05) is 12.4 Å². The summed E-state index contributed by atoms with van der Waals surface area (Å²) in [7, 11) is 0. The van der Waals surface area contributed by atoms with Gasteiger partial charge in [-0.3, -0.25) is 5.32 Å². The molecule has 1 heterocycles. The van der Waals surface area contributed by atoms with Gasteiger partial charge in [0.05, 0.1) is 23.7 Å². The van der Waals surface area contributed by atoms with Crippen molar-refractivity contribution in [2.24, 2.45) is 0 Å². The lowest BCUT2D eigenvalue weighted by Gasteiger charge is -2.08. The number of ether oxygens (including phenoxy) is 1. The number of nitrogens with zero attached hydrogens (tertiary/aromatic N) is 2. The Labute approximate surface area is 128 Å². The Morgan fingerprint density at radius 1 is 1.57 bits per heavy atom. The van der Waals surface area contributed by atoms with Gasteiger partial charge in [-0.25, -0.2) is 4.98 Å². The molecule has 0 amide bonds. The van der Waals surface area contributed by atoms with Crippen LogP contribution in [0, 0.1) is 11.3 Å². The highest BCUT2D eigenvalue weighted by molar-refractivity contribution is 7.99. The lowest BCUT2D eigenvalue weighted by atomic mass is 10.3. The van der Waals surface area contributed by atoms with Crippen LogP contribution in [-0.4, -0.2) is 34.4 Å². The number of nitriles is 1. The first kappa shape index (κ1) is 14.2. The summed E-state index contributed by atoms with van der Waals surface area (Å²) in [5.41, 5.74) is 1.89. The minimum atomic E-state index is -0.116. The minimum Gasteiger partial charge on any atom is -0.494 e. The molecule has 21 heavy (non-hydrogen) atoms. The average Bonchev–Trinajstić information content (AvgIpc) is 3.21. The van der Waals surface area contributed by atoms with Crippen LogP contribution in [0.1, 0.15) is 19.8 Å². The highest BCUT2D eigenvalue weighted by Crippen LogP contribution is 2.25. The number of hydrogen-bond donors (Lipinski definition) is 2. The molecule has 1 aliphatic carbocycles. The predicted molar refractivity (Wildman–Crippen MR) is 83.5 cm³/mol. The van der Waals surface area contributed by atoms with Gasteiger partial charge in [0.25, 0.3) is 0 Å². The largest absolute Gasteiger partial charge is 0.494 e. The van der Waals surface area contributed by atoms with Crippen LogP contribution in [0.2, 0.25) is 0 Å². The summed E-state index contributed by atoms with van der Waals surface area (Å²) < 4.78 is 5.48. The molecule has 0 spiro atoms. The number of fused-ring (bicyclic) bond motifs is 1. The Bertz CT molecular complexity index is 659. The van der Waals surface area contributed by atoms with Gasteiger partial charge in [-0.15, -0.1) is 0 Å². The third kappa shape index (κ3) is 3.69. The zero-order chi connectivity index (χ0) is 14.7. The molecule has 0 bridgehead atoms. The van der Waals surface area contributed by atoms with Crippen molar-refractivity contribution in [1.29, 1.82) is 5.26 Å². The van der Waals surface area contributed by atoms with Crippen molar-refractivity contribution < 1.29 is 4.74 Å². The number of aromatic amines is 1. The van der Waals surface area contributed by atoms with Crippen molar-refractivity contribution >= 4 is 22.8 Å². The van der Waals surface area contributed by atoms with Crippen molar-refractivity contribution in [3.63, 3.8) is 0 Å². The average molecular weight is 302 g/mol. The molecule has 0 aliphatic heterocycles. The smallest absolute Gasteiger partial charge is 0.166 e. The van der Waals surface area contributed by atoms with Crippen LogP contribution in [-0.2, 0) is 0 Å². The quantitative estimate of drug-likeness (QED) is 0.769. The molecule has 1 aromatic carbocycles. The van der Waals surface area contributed by atoms with Gasteiger partial charge in [-0.2, -0.15) is 5.26 Å². The van der Waals surface area contributed by atoms with E-state index in [0.29, 0.717) is 18.4 Å². The van der Waals surface area contributed by atoms with E-state index in [4.69, 9.17) is 10.00 Å². The summed E-state index contributed by atoms with van der Waals surface area (Å²) in [5.74, 6) is 1.54. The van der Waals surface area contributed by atoms with Gasteiger partial charge in [0, 0.05) is 17.9 Å². The van der Waals surface area contributed by atoms with Crippen molar-refractivity contribution in [3.05, 3.63) is 18.2 Å². The fraction of sp³-hybridized carbons (Fsp3) is 0.467. The number of H-pyrrole nitrogens is 1. The fourth-order valence-electron chi connectivity index (χ4n) is 2.11. The molecule has 1 fully saturated rings. The van der Waals surface area contributed by atoms with Gasteiger partial charge in [-0.1, -0.05) is 11.8 Å². The first-order chi connectivity index (χ1) is 10.3. The molecule has 110 valence electrons. The molecule has 5 nitrogen and oxygen atoms in total. The molecule has 0 saturated heterocycles. The van der Waals surface area contributed by atoms with Crippen LogP contribution in [0.3, 0.4) is 0 Å². The van der Waals surface area contributed by atoms with Crippen LogP contribution in [0.25, 0.3) is 11.0 Å². The molecule has 3 rings (SSSR count). The number of aromatic nitrogens is 2. The Hall–Kier alpha value is -1.71. The summed E-state index contributed by atoms with van der Waals surface area (Å²) in [6, 6.07) is 8.57. The second-order valence-corrected chi connectivity index (χ2v) is 6.10. The number of hydrogen-bond acceptors (Lipinski definition) is 5. The van der Waals surface area contributed by atoms with E-state index in [1.165, 1.54) is 12.8 Å². The number of nitrogens with one attached hydrogen (secondary N) is 2. The zero-order valence-electron chi connectivity index (χ0n) is 11.9. The number of thioether (sulfide) groups is 1. The van der Waals surface area contributed by atoms with Gasteiger partial charge in [0.1, 0.15) is 11.8 Å². The molecule has 1 atom stereocenters. The standard InChI is InChI=1S/C15H18N4OS/c1-2-20-12-5-6-13-14(7-12)19-15(18-13)21-9-11(8-16)17-10-3-4-10/h5-7,10-11,17H,2-4,9H2,1H3,(H,18,19). The normalized spacial score (nSPS) is 15.8. The van der Waals surface area contributed by atoms with E-state index in [2.05, 4.69) is 21.4 Å². The number of rotatable bonds is 7. The maximum atomic E-state index is 9.14. The topological polar surface area (TPSA) is 73.7 Å². The van der Waals surface area contributed by atoms with Gasteiger partial charge in [0.15, 0.2) is 5.16 Å². The van der Waals surface area contributed by atoms with E-state index in [1.54, 1.807) is 11.8 Å². The molecule has 1 unspecified atom stereocenters. The highest BCUT2D eigenvalue weighted by Gasteiger charge is 2.24. The molecule has 1 aromatic heterocycles. The van der Waals surface area contributed by atoms with Crippen LogP contribution in [0.15, 0.2) is 23.4 Å². The highest BCUT2D eigenvalue weighted by atomic mass is 32.2. The predicted octanol–water partition coefficient (Wildman–Crippen LogP) is 2.70. The first-order valence-corrected chi connectivity index (χ1v) is 8.18. The van der Waals surface area contributed by atoms with Gasteiger partial charge < -0.3 is 9.72 Å². The van der Waals surface area contributed by atoms with E-state index in [9.17, 15) is 0 Å². The van der Waals surface area contributed by atoms with E-state index in [-0.39, 0.29) is 6.04 Å². The van der Waals surface area contributed by atoms with Crippen molar-refractivity contribution in [2.45, 2.75) is 37.0 Å². The van der Waals surface area contributed by atoms with E-state index in [0.717, 1.165) is 21.9 Å². The second kappa shape index (κ2) is 6.37. The van der Waals surface area contributed by atoms with Crippen LogP contribution in [0.4, 0.5) is 0 Å². The molecule has 2 aromatic rings. The molecular weight excluding hydrogens is 284 g/mol. The minimum absolute atomic E-state index is 0.116. The van der Waals surface area contributed by atoms with Gasteiger partial charge in [-0.05, 0) is 31.9 Å². The van der Waals surface area contributed by atoms with Crippen LogP contribution >= 0.6 is 11.8 Å². The maximum Gasteiger partial charge on any atom is 0.166 e. The third-order valence-electron chi connectivity index (χ3n) is 3.30. The van der Waals surface area contributed by atoms with Crippen molar-refractivity contribution in [1.82, 2.24) is 15.3 Å². The molecular formula is C15H18N4OS. The zero-order valence-corrected chi connectivity index (χ0v) is 12.7. The number of imidazole rings is 1. The van der Waals surface area contributed by atoms with E-state index < -0.39 is 0 Å². The fourth-order valence-corrected chi connectivity index (χ4v) is 2.95. The van der Waals surface area contributed by atoms with E-state index in [1.807, 2.05) is 25.1 Å². The Morgan fingerprint density at radius 3 is 3.14 bits per heavy atom. The first-order valence-electron chi connectivity index (χ1n) is 7.19. The molecule has 0 radical (unpaired) electrons. The monoisotopic (exact) mass is 302 g/mol. The Kier molecular flexibility index (Phi) is 4.32. The molecule has 1 saturated carbocycles.